The summed E-state index contributed by atoms with van der Waals surface area (Å²) in [4.78, 5) is 0. The second-order valence-electron chi connectivity index (χ2n) is 14.2. The Kier molecular flexibility index (Phi) is 13.1. The first-order valence-electron chi connectivity index (χ1n) is 14.9. The van der Waals surface area contributed by atoms with Gasteiger partial charge in [-0.1, -0.05) is 146 Å². The van der Waals surface area contributed by atoms with Crippen LogP contribution < -0.4 is 10.4 Å². The van der Waals surface area contributed by atoms with Crippen LogP contribution in [0.2, 0.25) is 5.54 Å². The third kappa shape index (κ3) is 12.8. The average molecular weight is 522 g/mol. The average Bonchev–Trinajstić information content (AvgIpc) is 2.80. The molecule has 37 heavy (non-hydrogen) atoms. The number of ether oxygens (including phenoxy) is 1. The molecule has 1 nitrogen and oxygen atoms in total. The Bertz CT molecular complexity index is 809. The van der Waals surface area contributed by atoms with Crippen LogP contribution in [0.15, 0.2) is 60.7 Å². The fourth-order valence-electron chi connectivity index (χ4n) is 6.22. The largest absolute Gasteiger partial charge is 0.381 e. The van der Waals surface area contributed by atoms with E-state index in [1.807, 2.05) is 0 Å². The van der Waals surface area contributed by atoms with Crippen molar-refractivity contribution in [2.75, 3.05) is 13.2 Å². The zero-order chi connectivity index (χ0) is 27.5. The molecule has 0 saturated heterocycles. The lowest BCUT2D eigenvalue weighted by Gasteiger charge is -2.31. The third-order valence-corrected chi connectivity index (χ3v) is 11.2. The highest BCUT2D eigenvalue weighted by Crippen LogP contribution is 2.34. The van der Waals surface area contributed by atoms with Crippen LogP contribution in [0.4, 0.5) is 0 Å². The Morgan fingerprint density at radius 3 is 1.73 bits per heavy atom. The molecule has 0 heterocycles. The number of hydrogen-bond donors (Lipinski definition) is 0. The van der Waals surface area contributed by atoms with Gasteiger partial charge in [0.05, 0.1) is 0 Å². The Morgan fingerprint density at radius 2 is 1.24 bits per heavy atom. The van der Waals surface area contributed by atoms with Gasteiger partial charge in [0.25, 0.3) is 0 Å². The van der Waals surface area contributed by atoms with Gasteiger partial charge in [0.1, 0.15) is 8.80 Å². The zero-order valence-electron chi connectivity index (χ0n) is 25.4. The number of rotatable bonds is 15. The molecular weight excluding hydrogens is 464 g/mol. The fraction of sp³-hybridized carbons (Fsp3) is 0.629. The van der Waals surface area contributed by atoms with Crippen LogP contribution in [0, 0.1) is 35.5 Å². The van der Waals surface area contributed by atoms with Gasteiger partial charge in [-0.25, -0.2) is 0 Å². The summed E-state index contributed by atoms with van der Waals surface area (Å²) in [6.07, 6.45) is 7.37. The highest BCUT2D eigenvalue weighted by molar-refractivity contribution is 6.86. The molecule has 2 aromatic carbocycles. The minimum atomic E-state index is -1.36. The Hall–Kier alpha value is -1.38. The molecule has 0 N–H and O–H groups in total. The molecule has 0 bridgehead atoms. The first-order chi connectivity index (χ1) is 17.4. The van der Waals surface area contributed by atoms with E-state index in [0.717, 1.165) is 32.0 Å². The molecule has 0 fully saturated rings. The van der Waals surface area contributed by atoms with E-state index in [-0.39, 0.29) is 0 Å². The maximum Gasteiger partial charge on any atom is 0.106 e. The maximum absolute atomic E-state index is 6.39. The van der Waals surface area contributed by atoms with Crippen LogP contribution in [0.5, 0.6) is 0 Å². The van der Waals surface area contributed by atoms with E-state index in [0.29, 0.717) is 28.2 Å². The molecule has 4 unspecified atom stereocenters. The molecule has 2 rings (SSSR count). The van der Waals surface area contributed by atoms with Crippen molar-refractivity contribution in [3.05, 3.63) is 67.6 Å². The highest BCUT2D eigenvalue weighted by atomic mass is 28.3. The van der Waals surface area contributed by atoms with Gasteiger partial charge in [-0.3, -0.25) is 0 Å². The van der Waals surface area contributed by atoms with Crippen LogP contribution in [0.1, 0.15) is 93.9 Å². The van der Waals surface area contributed by atoms with Crippen LogP contribution in [-0.2, 0) is 4.74 Å². The zero-order valence-corrected chi connectivity index (χ0v) is 26.6. The highest BCUT2D eigenvalue weighted by Gasteiger charge is 2.26. The molecular formula is C35H57OSi. The lowest BCUT2D eigenvalue weighted by molar-refractivity contribution is 0.0608. The smallest absolute Gasteiger partial charge is 0.106 e. The van der Waals surface area contributed by atoms with Gasteiger partial charge in [0.15, 0.2) is 0 Å². The molecule has 0 aromatic heterocycles. The van der Waals surface area contributed by atoms with Crippen molar-refractivity contribution in [3.8, 4) is 0 Å². The molecule has 0 aliphatic carbocycles. The maximum atomic E-state index is 6.39. The summed E-state index contributed by atoms with van der Waals surface area (Å²) < 4.78 is 6.39. The van der Waals surface area contributed by atoms with Crippen LogP contribution in [-0.4, -0.2) is 22.0 Å². The Morgan fingerprint density at radius 1 is 0.730 bits per heavy atom. The molecule has 0 aliphatic heterocycles. The lowest BCUT2D eigenvalue weighted by atomic mass is 9.76. The van der Waals surface area contributed by atoms with Crippen molar-refractivity contribution >= 4 is 19.2 Å². The van der Waals surface area contributed by atoms with E-state index in [2.05, 4.69) is 123 Å². The van der Waals surface area contributed by atoms with Gasteiger partial charge >= 0.3 is 0 Å². The van der Waals surface area contributed by atoms with Gasteiger partial charge in [-0.2, -0.15) is 0 Å². The minimum Gasteiger partial charge on any atom is -0.381 e. The van der Waals surface area contributed by atoms with Crippen molar-refractivity contribution in [2.24, 2.45) is 28.6 Å². The predicted molar refractivity (Wildman–Crippen MR) is 168 cm³/mol. The van der Waals surface area contributed by atoms with Crippen molar-refractivity contribution in [1.82, 2.24) is 0 Å². The molecule has 0 spiro atoms. The van der Waals surface area contributed by atoms with Gasteiger partial charge in [0, 0.05) is 13.2 Å². The molecule has 2 heteroatoms. The fourth-order valence-corrected chi connectivity index (χ4v) is 9.53. The van der Waals surface area contributed by atoms with E-state index in [1.54, 1.807) is 0 Å². The first kappa shape index (κ1) is 31.8. The topological polar surface area (TPSA) is 9.23 Å². The number of hydrogen-bond acceptors (Lipinski definition) is 1. The standard InChI is InChI=1S/C35H57OSi/c1-28(25-34(4,5)6)22-23-31(29(2)26-35(7,8)9)27-36-24-16-17-30(3)37(32-18-12-10-13-19-32)33-20-14-11-15-21-33/h10-15,18-21,28-31,37H,3,16-17,22-27H2,1-2,4-9H3. The summed E-state index contributed by atoms with van der Waals surface area (Å²) in [6, 6.07) is 22.2. The SMILES string of the molecule is [CH2]C(CCCOCC(CCC(C)CC(C)(C)C)C(C)CC(C)(C)C)[SiH](c1ccccc1)c1ccccc1. The summed E-state index contributed by atoms with van der Waals surface area (Å²) in [6.45, 7) is 25.5. The summed E-state index contributed by atoms with van der Waals surface area (Å²) in [5, 5.41) is 2.99. The minimum absolute atomic E-state index is 0.365. The first-order valence-corrected chi connectivity index (χ1v) is 16.7. The third-order valence-electron chi connectivity index (χ3n) is 7.71. The molecule has 0 saturated carbocycles. The summed E-state index contributed by atoms with van der Waals surface area (Å²) in [5.41, 5.74) is 1.24. The summed E-state index contributed by atoms with van der Waals surface area (Å²) in [5.74, 6) is 2.11. The second-order valence-corrected chi connectivity index (χ2v) is 17.5. The van der Waals surface area contributed by atoms with Gasteiger partial charge in [-0.15, -0.1) is 0 Å². The molecule has 0 amide bonds. The van der Waals surface area contributed by atoms with Crippen molar-refractivity contribution < 1.29 is 4.74 Å². The van der Waals surface area contributed by atoms with Gasteiger partial charge in [-0.05, 0) is 59.8 Å². The van der Waals surface area contributed by atoms with E-state index in [9.17, 15) is 0 Å². The van der Waals surface area contributed by atoms with Crippen LogP contribution in [0.3, 0.4) is 0 Å². The molecule has 4 atom stereocenters. The van der Waals surface area contributed by atoms with Crippen molar-refractivity contribution in [1.29, 1.82) is 0 Å². The summed E-state index contributed by atoms with van der Waals surface area (Å²) >= 11 is 0. The quantitative estimate of drug-likeness (QED) is 0.168. The summed E-state index contributed by atoms with van der Waals surface area (Å²) in [7, 11) is -1.36. The van der Waals surface area contributed by atoms with E-state index < -0.39 is 8.80 Å². The Labute approximate surface area is 232 Å². The lowest BCUT2D eigenvalue weighted by Crippen LogP contribution is -2.45. The van der Waals surface area contributed by atoms with E-state index in [4.69, 9.17) is 4.74 Å². The second kappa shape index (κ2) is 15.3. The molecule has 207 valence electrons. The van der Waals surface area contributed by atoms with E-state index in [1.165, 1.54) is 36.1 Å². The molecule has 2 aromatic rings. The van der Waals surface area contributed by atoms with E-state index >= 15 is 0 Å². The monoisotopic (exact) mass is 521 g/mol. The van der Waals surface area contributed by atoms with Gasteiger partial charge < -0.3 is 4.74 Å². The van der Waals surface area contributed by atoms with Crippen LogP contribution >= 0.6 is 0 Å². The Balaban J connectivity index is 1.90. The van der Waals surface area contributed by atoms with Crippen molar-refractivity contribution in [2.45, 2.75) is 99.5 Å². The predicted octanol–water partition coefficient (Wildman–Crippen LogP) is 8.57. The van der Waals surface area contributed by atoms with Gasteiger partial charge in [0.2, 0.25) is 0 Å². The number of benzene rings is 2. The van der Waals surface area contributed by atoms with Crippen LogP contribution in [0.25, 0.3) is 0 Å². The normalized spacial score (nSPS) is 15.9. The molecule has 1 radical (unpaired) electrons. The van der Waals surface area contributed by atoms with Crippen molar-refractivity contribution in [3.63, 3.8) is 0 Å². The molecule has 0 aliphatic rings.